The van der Waals surface area contributed by atoms with Crippen LogP contribution in [-0.4, -0.2) is 129 Å². The summed E-state index contributed by atoms with van der Waals surface area (Å²) in [4.78, 5) is 139. The van der Waals surface area contributed by atoms with Crippen LogP contribution in [0.4, 0.5) is 0 Å². The standard InChI is InChI=1S/C50H69N15O9/c1-3-4-15-36(59-29(2)66)44(69)62-38-19-20-42(67)55-21-10-17-35(43(51)68)60-48(73)40(24-31-26-57-34-16-9-8-14-33(31)34)64-45(70)37(18-11-22-56-50(52)53)61-47(72)39(23-30-12-6-5-7-13-30)63-49(74)41(65-46(38)71)25-32-27-54-28-58-32/h5-9,12-14,16,26-28,35-41,57H,3-4,10-11,15,17-25H2,1-2H3,(H2,51,68)(H,54,58)(H,55,67)(H,59,66)(H,60,73)(H,61,72)(H,62,69)(H,63,74)(H,64,70)(H,65,71)(H4,52,53,56). The molecule has 0 aliphatic carbocycles. The fourth-order valence-corrected chi connectivity index (χ4v) is 8.40. The van der Waals surface area contributed by atoms with Crippen molar-refractivity contribution in [3.63, 3.8) is 0 Å². The lowest BCUT2D eigenvalue weighted by Gasteiger charge is -2.28. The Hall–Kier alpha value is -8.31. The summed E-state index contributed by atoms with van der Waals surface area (Å²) in [7, 11) is 0. The van der Waals surface area contributed by atoms with Crippen molar-refractivity contribution in [2.75, 3.05) is 13.1 Å². The van der Waals surface area contributed by atoms with Crippen molar-refractivity contribution in [1.29, 1.82) is 0 Å². The number of aliphatic imine (C=N–C) groups is 1. The number of amides is 9. The Kier molecular flexibility index (Phi) is 21.9. The number of imidazole rings is 1. The van der Waals surface area contributed by atoms with Gasteiger partial charge in [-0.15, -0.1) is 0 Å². The number of para-hydroxylation sites is 1. The number of hydrogen-bond donors (Lipinski definition) is 13. The molecule has 0 saturated carbocycles. The predicted molar refractivity (Wildman–Crippen MR) is 274 cm³/mol. The number of aromatic nitrogens is 3. The number of carbonyl (C=O) groups excluding carboxylic acids is 9. The van der Waals surface area contributed by atoms with E-state index in [1.807, 2.05) is 31.2 Å². The highest BCUT2D eigenvalue weighted by Gasteiger charge is 2.35. The van der Waals surface area contributed by atoms with Crippen LogP contribution in [0.1, 0.15) is 88.5 Å². The minimum Gasteiger partial charge on any atom is -0.370 e. The molecule has 16 N–H and O–H groups in total. The van der Waals surface area contributed by atoms with Crippen LogP contribution >= 0.6 is 0 Å². The SMILES string of the molecule is CCCCC(NC(C)=O)C(=O)NC1CCC(=O)NCCCC(C(N)=O)NC(=O)C(Cc2c[nH]c3ccccc23)NC(=O)C(CCCN=C(N)N)NC(=O)C(Cc2ccccc2)NC(=O)C(Cc2cnc[nH]2)NC1=O. The Morgan fingerprint density at radius 3 is 2.08 bits per heavy atom. The molecule has 1 aliphatic heterocycles. The van der Waals surface area contributed by atoms with Gasteiger partial charge in [0, 0.05) is 74.7 Å². The van der Waals surface area contributed by atoms with Crippen LogP contribution in [-0.2, 0) is 62.4 Å². The van der Waals surface area contributed by atoms with Gasteiger partial charge < -0.3 is 69.7 Å². The molecule has 0 spiro atoms. The van der Waals surface area contributed by atoms with Gasteiger partial charge in [0.25, 0.3) is 0 Å². The van der Waals surface area contributed by atoms with E-state index in [9.17, 15) is 43.2 Å². The quantitative estimate of drug-likeness (QED) is 0.0335. The third-order valence-electron chi connectivity index (χ3n) is 12.3. The molecule has 2 aromatic carbocycles. The van der Waals surface area contributed by atoms with Crippen molar-refractivity contribution in [3.05, 3.63) is 90.1 Å². The molecular weight excluding hydrogens is 955 g/mol. The van der Waals surface area contributed by atoms with Crippen molar-refractivity contribution in [2.24, 2.45) is 22.2 Å². The van der Waals surface area contributed by atoms with Crippen LogP contribution in [0.3, 0.4) is 0 Å². The maximum atomic E-state index is 14.7. The molecular formula is C50H69N15O9. The summed E-state index contributed by atoms with van der Waals surface area (Å²) < 4.78 is 0. The van der Waals surface area contributed by atoms with E-state index in [4.69, 9.17) is 17.2 Å². The summed E-state index contributed by atoms with van der Waals surface area (Å²) in [5.74, 6) is -6.84. The van der Waals surface area contributed by atoms with Crippen molar-refractivity contribution in [1.82, 2.24) is 57.5 Å². The van der Waals surface area contributed by atoms with Gasteiger partial charge >= 0.3 is 0 Å². The molecule has 1 fully saturated rings. The van der Waals surface area contributed by atoms with E-state index >= 15 is 0 Å². The molecule has 398 valence electrons. The number of H-pyrrole nitrogens is 2. The minimum absolute atomic E-state index is 0.0106. The topological polar surface area (TPSA) is 385 Å². The third-order valence-corrected chi connectivity index (χ3v) is 12.3. The number of rotatable bonds is 17. The van der Waals surface area contributed by atoms with E-state index in [0.29, 0.717) is 29.7 Å². The number of guanidine groups is 1. The highest BCUT2D eigenvalue weighted by Crippen LogP contribution is 2.20. The average molecular weight is 1020 g/mol. The summed E-state index contributed by atoms with van der Waals surface area (Å²) in [5.41, 5.74) is 19.4. The summed E-state index contributed by atoms with van der Waals surface area (Å²) >= 11 is 0. The van der Waals surface area contributed by atoms with E-state index in [-0.39, 0.29) is 83.3 Å². The lowest BCUT2D eigenvalue weighted by molar-refractivity contribution is -0.135. The number of carbonyl (C=O) groups is 9. The second-order valence-electron chi connectivity index (χ2n) is 18.2. The zero-order chi connectivity index (χ0) is 53.6. The van der Waals surface area contributed by atoms with Gasteiger partial charge in [-0.3, -0.25) is 48.1 Å². The monoisotopic (exact) mass is 1020 g/mol. The van der Waals surface area contributed by atoms with Crippen LogP contribution in [0.5, 0.6) is 0 Å². The number of unbranched alkanes of at least 4 members (excludes halogenated alkanes) is 1. The molecule has 7 atom stereocenters. The number of nitrogens with two attached hydrogens (primary N) is 3. The summed E-state index contributed by atoms with van der Waals surface area (Å²) in [6, 6.07) is 6.86. The largest absolute Gasteiger partial charge is 0.370 e. The van der Waals surface area contributed by atoms with Crippen LogP contribution in [0.2, 0.25) is 0 Å². The lowest BCUT2D eigenvalue weighted by atomic mass is 10.0. The number of hydrogen-bond acceptors (Lipinski definition) is 11. The number of aromatic amines is 2. The van der Waals surface area contributed by atoms with Gasteiger partial charge in [-0.1, -0.05) is 68.3 Å². The van der Waals surface area contributed by atoms with Crippen LogP contribution in [0, 0.1) is 0 Å². The molecule has 7 unspecified atom stereocenters. The molecule has 74 heavy (non-hydrogen) atoms. The molecule has 24 heteroatoms. The normalized spacial score (nSPS) is 21.3. The summed E-state index contributed by atoms with van der Waals surface area (Å²) in [6.45, 7) is 3.24. The molecule has 0 radical (unpaired) electrons. The minimum atomic E-state index is -1.42. The van der Waals surface area contributed by atoms with E-state index in [1.54, 1.807) is 36.5 Å². The maximum absolute atomic E-state index is 14.7. The molecule has 9 amide bonds. The first-order valence-corrected chi connectivity index (χ1v) is 24.8. The average Bonchev–Trinajstić information content (AvgIpc) is 4.04. The first kappa shape index (κ1) is 56.6. The molecule has 5 rings (SSSR count). The Balaban J connectivity index is 1.55. The van der Waals surface area contributed by atoms with Crippen molar-refractivity contribution in [3.8, 4) is 0 Å². The van der Waals surface area contributed by atoms with Gasteiger partial charge in [-0.05, 0) is 55.7 Å². The Morgan fingerprint density at radius 1 is 0.757 bits per heavy atom. The molecule has 2 aromatic heterocycles. The van der Waals surface area contributed by atoms with E-state index in [2.05, 4.69) is 62.5 Å². The Labute approximate surface area is 428 Å². The molecule has 3 heterocycles. The third kappa shape index (κ3) is 18.1. The Bertz CT molecular complexity index is 2580. The number of fused-ring (bicyclic) bond motifs is 1. The van der Waals surface area contributed by atoms with E-state index in [0.717, 1.165) is 10.9 Å². The number of nitrogens with zero attached hydrogens (tertiary/aromatic N) is 2. The Morgan fingerprint density at radius 2 is 1.41 bits per heavy atom. The second kappa shape index (κ2) is 28.7. The predicted octanol–water partition coefficient (Wildman–Crippen LogP) is -1.25. The summed E-state index contributed by atoms with van der Waals surface area (Å²) in [6.07, 6.45) is 5.38. The summed E-state index contributed by atoms with van der Waals surface area (Å²) in [5, 5.41) is 22.5. The molecule has 4 aromatic rings. The fourth-order valence-electron chi connectivity index (χ4n) is 8.40. The number of nitrogens with one attached hydrogen (secondary N) is 10. The number of benzene rings is 2. The number of primary amides is 1. The molecule has 1 aliphatic rings. The van der Waals surface area contributed by atoms with Gasteiger partial charge in [-0.25, -0.2) is 4.98 Å². The van der Waals surface area contributed by atoms with Crippen LogP contribution in [0.25, 0.3) is 10.9 Å². The smallest absolute Gasteiger partial charge is 0.243 e. The molecule has 1 saturated heterocycles. The van der Waals surface area contributed by atoms with Gasteiger partial charge in [0.1, 0.15) is 42.3 Å². The van der Waals surface area contributed by atoms with E-state index in [1.165, 1.54) is 19.4 Å². The highest BCUT2D eigenvalue weighted by molar-refractivity contribution is 5.98. The van der Waals surface area contributed by atoms with Gasteiger partial charge in [0.05, 0.1) is 6.33 Å². The highest BCUT2D eigenvalue weighted by atomic mass is 16.2. The van der Waals surface area contributed by atoms with Crippen LogP contribution in [0.15, 0.2) is 78.3 Å². The zero-order valence-electron chi connectivity index (χ0n) is 41.7. The first-order valence-electron chi connectivity index (χ1n) is 24.8. The van der Waals surface area contributed by atoms with Gasteiger partial charge in [0.2, 0.25) is 53.2 Å². The van der Waals surface area contributed by atoms with Crippen molar-refractivity contribution >= 4 is 70.0 Å². The lowest BCUT2D eigenvalue weighted by Crippen LogP contribution is -2.60. The van der Waals surface area contributed by atoms with E-state index < -0.39 is 95.5 Å². The fraction of sp³-hybridized carbons (Fsp3) is 0.460. The second-order valence-corrected chi connectivity index (χ2v) is 18.2. The van der Waals surface area contributed by atoms with Crippen molar-refractivity contribution in [2.45, 2.75) is 133 Å². The zero-order valence-corrected chi connectivity index (χ0v) is 41.7. The maximum Gasteiger partial charge on any atom is 0.243 e. The van der Waals surface area contributed by atoms with Gasteiger partial charge in [-0.2, -0.15) is 0 Å². The van der Waals surface area contributed by atoms with Crippen LogP contribution < -0.4 is 59.7 Å². The first-order chi connectivity index (χ1) is 35.5. The van der Waals surface area contributed by atoms with Crippen molar-refractivity contribution < 1.29 is 43.2 Å². The molecule has 0 bridgehead atoms. The van der Waals surface area contributed by atoms with Gasteiger partial charge in [0.15, 0.2) is 5.96 Å². The molecule has 24 nitrogen and oxygen atoms in total.